The minimum absolute atomic E-state index is 0.0325. The highest BCUT2D eigenvalue weighted by Crippen LogP contribution is 2.26. The predicted molar refractivity (Wildman–Crippen MR) is 127 cm³/mol. The van der Waals surface area contributed by atoms with Gasteiger partial charge in [0.25, 0.3) is 0 Å². The lowest BCUT2D eigenvalue weighted by Gasteiger charge is -2.17. The number of rotatable bonds is 8. The van der Waals surface area contributed by atoms with Crippen molar-refractivity contribution in [1.29, 1.82) is 0 Å². The Labute approximate surface area is 200 Å². The summed E-state index contributed by atoms with van der Waals surface area (Å²) in [6.45, 7) is 1.00. The molecule has 2 heterocycles. The second kappa shape index (κ2) is 10.3. The van der Waals surface area contributed by atoms with Crippen molar-refractivity contribution in [2.45, 2.75) is 18.2 Å². The minimum Gasteiger partial charge on any atom is -0.461 e. The van der Waals surface area contributed by atoms with Gasteiger partial charge in [-0.05, 0) is 35.4 Å². The molecule has 0 aliphatic rings. The van der Waals surface area contributed by atoms with Crippen LogP contribution in [0.1, 0.15) is 11.1 Å². The molecule has 32 heavy (non-hydrogen) atoms. The van der Waals surface area contributed by atoms with Crippen molar-refractivity contribution in [3.8, 4) is 11.6 Å². The van der Waals surface area contributed by atoms with Crippen molar-refractivity contribution in [3.63, 3.8) is 0 Å². The number of hydrogen-bond donors (Lipinski definition) is 0. The number of thioether (sulfide) groups is 1. The maximum Gasteiger partial charge on any atom is 0.233 e. The van der Waals surface area contributed by atoms with E-state index in [9.17, 15) is 4.79 Å². The number of hydrogen-bond acceptors (Lipinski definition) is 5. The molecular formula is C23H20Cl2N4O2S. The Morgan fingerprint density at radius 2 is 1.84 bits per heavy atom. The molecule has 6 nitrogen and oxygen atoms in total. The first-order valence-corrected chi connectivity index (χ1v) is 11.6. The molecule has 4 rings (SSSR count). The smallest absolute Gasteiger partial charge is 0.233 e. The van der Waals surface area contributed by atoms with Crippen molar-refractivity contribution < 1.29 is 9.21 Å². The standard InChI is InChI=1S/C23H20Cl2N4O2S/c1-28(13-17-9-10-18(24)19(25)12-17)21(30)15-32-23-27-26-22(20-8-5-11-31-20)29(23)14-16-6-3-2-4-7-16/h2-12H,13-15H2,1H3. The fraction of sp³-hybridized carbons (Fsp3) is 0.174. The van der Waals surface area contributed by atoms with Crippen LogP contribution in [-0.4, -0.2) is 38.4 Å². The van der Waals surface area contributed by atoms with Crippen LogP contribution >= 0.6 is 35.0 Å². The number of furan rings is 1. The van der Waals surface area contributed by atoms with E-state index in [1.165, 1.54) is 11.8 Å². The van der Waals surface area contributed by atoms with Gasteiger partial charge in [0.2, 0.25) is 11.7 Å². The van der Waals surface area contributed by atoms with Gasteiger partial charge in [-0.2, -0.15) is 0 Å². The first-order chi connectivity index (χ1) is 15.5. The third kappa shape index (κ3) is 5.35. The summed E-state index contributed by atoms with van der Waals surface area (Å²) < 4.78 is 7.49. The lowest BCUT2D eigenvalue weighted by Crippen LogP contribution is -2.28. The highest BCUT2D eigenvalue weighted by Gasteiger charge is 2.19. The molecule has 164 valence electrons. The summed E-state index contributed by atoms with van der Waals surface area (Å²) in [5, 5.41) is 10.2. The van der Waals surface area contributed by atoms with E-state index < -0.39 is 0 Å². The van der Waals surface area contributed by atoms with E-state index in [-0.39, 0.29) is 11.7 Å². The number of amides is 1. The number of carbonyl (C=O) groups excluding carboxylic acids is 1. The van der Waals surface area contributed by atoms with Gasteiger partial charge >= 0.3 is 0 Å². The summed E-state index contributed by atoms with van der Waals surface area (Å²) in [5.41, 5.74) is 2.01. The Hall–Kier alpha value is -2.74. The van der Waals surface area contributed by atoms with E-state index in [2.05, 4.69) is 10.2 Å². The lowest BCUT2D eigenvalue weighted by atomic mass is 10.2. The molecule has 2 aromatic heterocycles. The highest BCUT2D eigenvalue weighted by molar-refractivity contribution is 7.99. The molecule has 0 saturated carbocycles. The Bertz CT molecular complexity index is 1200. The minimum atomic E-state index is -0.0325. The van der Waals surface area contributed by atoms with Crippen LogP contribution < -0.4 is 0 Å². The van der Waals surface area contributed by atoms with E-state index in [4.69, 9.17) is 27.6 Å². The molecule has 0 fully saturated rings. The average Bonchev–Trinajstić information content (AvgIpc) is 3.45. The van der Waals surface area contributed by atoms with Gasteiger partial charge in [0.1, 0.15) is 0 Å². The van der Waals surface area contributed by atoms with Crippen molar-refractivity contribution in [2.24, 2.45) is 0 Å². The molecule has 1 amide bonds. The topological polar surface area (TPSA) is 64.2 Å². The molecule has 0 radical (unpaired) electrons. The van der Waals surface area contributed by atoms with Gasteiger partial charge in [0.05, 0.1) is 28.6 Å². The number of nitrogens with zero attached hydrogens (tertiary/aromatic N) is 4. The average molecular weight is 487 g/mol. The van der Waals surface area contributed by atoms with E-state index in [1.54, 1.807) is 30.3 Å². The molecule has 2 aromatic carbocycles. The first-order valence-electron chi connectivity index (χ1n) is 9.83. The number of halogens is 2. The zero-order chi connectivity index (χ0) is 22.5. The zero-order valence-electron chi connectivity index (χ0n) is 17.2. The second-order valence-electron chi connectivity index (χ2n) is 7.14. The van der Waals surface area contributed by atoms with E-state index in [0.717, 1.165) is 11.1 Å². The fourth-order valence-corrected chi connectivity index (χ4v) is 4.33. The Morgan fingerprint density at radius 3 is 2.56 bits per heavy atom. The molecule has 0 aliphatic heterocycles. The second-order valence-corrected chi connectivity index (χ2v) is 8.90. The number of carbonyl (C=O) groups is 1. The molecule has 0 spiro atoms. The van der Waals surface area contributed by atoms with Gasteiger partial charge in [-0.3, -0.25) is 9.36 Å². The molecule has 0 N–H and O–H groups in total. The van der Waals surface area contributed by atoms with Crippen LogP contribution in [0.2, 0.25) is 10.0 Å². The highest BCUT2D eigenvalue weighted by atomic mass is 35.5. The molecule has 9 heteroatoms. The lowest BCUT2D eigenvalue weighted by molar-refractivity contribution is -0.127. The monoisotopic (exact) mass is 486 g/mol. The van der Waals surface area contributed by atoms with Crippen LogP contribution in [0.3, 0.4) is 0 Å². The Kier molecular flexibility index (Phi) is 7.19. The van der Waals surface area contributed by atoms with Gasteiger partial charge in [0, 0.05) is 13.6 Å². The van der Waals surface area contributed by atoms with Crippen LogP contribution in [0.5, 0.6) is 0 Å². The van der Waals surface area contributed by atoms with Crippen LogP contribution in [0.4, 0.5) is 0 Å². The quantitative estimate of drug-likeness (QED) is 0.301. The molecule has 0 unspecified atom stereocenters. The van der Waals surface area contributed by atoms with Crippen LogP contribution in [0, 0.1) is 0 Å². The van der Waals surface area contributed by atoms with E-state index in [0.29, 0.717) is 39.9 Å². The molecule has 4 aromatic rings. The molecule has 0 atom stereocenters. The molecule has 0 saturated heterocycles. The van der Waals surface area contributed by atoms with Crippen molar-refractivity contribution in [2.75, 3.05) is 12.8 Å². The van der Waals surface area contributed by atoms with E-state index >= 15 is 0 Å². The largest absolute Gasteiger partial charge is 0.461 e. The molecular weight excluding hydrogens is 467 g/mol. The summed E-state index contributed by atoms with van der Waals surface area (Å²) in [6, 6.07) is 19.0. The van der Waals surface area contributed by atoms with Crippen LogP contribution in [0.25, 0.3) is 11.6 Å². The molecule has 0 bridgehead atoms. The SMILES string of the molecule is CN(Cc1ccc(Cl)c(Cl)c1)C(=O)CSc1nnc(-c2ccco2)n1Cc1ccccc1. The fourth-order valence-electron chi connectivity index (χ4n) is 3.13. The van der Waals surface area contributed by atoms with Gasteiger partial charge in [-0.25, -0.2) is 0 Å². The first kappa shape index (κ1) is 22.5. The summed E-state index contributed by atoms with van der Waals surface area (Å²) in [7, 11) is 1.76. The van der Waals surface area contributed by atoms with Crippen LogP contribution in [0.15, 0.2) is 76.5 Å². The summed E-state index contributed by atoms with van der Waals surface area (Å²) in [4.78, 5) is 14.4. The van der Waals surface area contributed by atoms with Crippen molar-refractivity contribution in [3.05, 3.63) is 88.1 Å². The Balaban J connectivity index is 1.47. The maximum atomic E-state index is 12.7. The number of benzene rings is 2. The summed E-state index contributed by atoms with van der Waals surface area (Å²) in [5.74, 6) is 1.44. The third-order valence-corrected chi connectivity index (χ3v) is 6.49. The van der Waals surface area contributed by atoms with Gasteiger partial charge in [-0.15, -0.1) is 10.2 Å². The Morgan fingerprint density at radius 1 is 1.03 bits per heavy atom. The third-order valence-electron chi connectivity index (χ3n) is 4.80. The van der Waals surface area contributed by atoms with Gasteiger partial charge in [0.15, 0.2) is 10.9 Å². The van der Waals surface area contributed by atoms with Crippen molar-refractivity contribution >= 4 is 40.9 Å². The zero-order valence-corrected chi connectivity index (χ0v) is 19.6. The predicted octanol–water partition coefficient (Wildman–Crippen LogP) is 5.64. The maximum absolute atomic E-state index is 12.7. The molecule has 0 aliphatic carbocycles. The van der Waals surface area contributed by atoms with Crippen molar-refractivity contribution in [1.82, 2.24) is 19.7 Å². The van der Waals surface area contributed by atoms with E-state index in [1.807, 2.05) is 53.1 Å². The summed E-state index contributed by atoms with van der Waals surface area (Å²) >= 11 is 13.4. The van der Waals surface area contributed by atoms with Gasteiger partial charge < -0.3 is 9.32 Å². The summed E-state index contributed by atoms with van der Waals surface area (Å²) in [6.07, 6.45) is 1.60. The van der Waals surface area contributed by atoms with Gasteiger partial charge in [-0.1, -0.05) is 71.4 Å². The normalized spacial score (nSPS) is 11.0. The van der Waals surface area contributed by atoms with Crippen LogP contribution in [-0.2, 0) is 17.9 Å². The number of aromatic nitrogens is 3.